The Bertz CT molecular complexity index is 587. The molecule has 0 aliphatic carbocycles. The van der Waals surface area contributed by atoms with Gasteiger partial charge in [-0.15, -0.1) is 0 Å². The van der Waals surface area contributed by atoms with Crippen molar-refractivity contribution in [3.05, 3.63) is 23.3 Å². The molecule has 1 unspecified atom stereocenters. The topological polar surface area (TPSA) is 58.1 Å². The number of rotatable bonds is 8. The average molecular weight is 348 g/mol. The minimum atomic E-state index is 0.235. The first kappa shape index (κ1) is 19.4. The second-order valence-corrected chi connectivity index (χ2v) is 6.64. The van der Waals surface area contributed by atoms with E-state index in [1.54, 1.807) is 7.05 Å². The molecule has 0 fully saturated rings. The number of nitrogens with one attached hydrogen (secondary N) is 2. The first-order valence-electron chi connectivity index (χ1n) is 9.08. The Morgan fingerprint density at radius 2 is 2.16 bits per heavy atom. The smallest absolute Gasteiger partial charge is 0.191 e. The van der Waals surface area contributed by atoms with Crippen LogP contribution < -0.4 is 20.1 Å². The van der Waals surface area contributed by atoms with Crippen molar-refractivity contribution in [2.24, 2.45) is 4.99 Å². The Morgan fingerprint density at radius 1 is 1.36 bits per heavy atom. The predicted octanol–water partition coefficient (Wildman–Crippen LogP) is 2.03. The standard InChI is InChI=1S/C19H32N4O2/c1-6-24-17-11-15-10-14(2)25-18(15)12-16(17)13-22-19(20-3)21-8-7-9-23(4)5/h11-12,14H,6-10,13H2,1-5H3,(H2,20,21,22). The second kappa shape index (κ2) is 9.51. The molecule has 1 aliphatic heterocycles. The van der Waals surface area contributed by atoms with Crippen LogP contribution in [0.1, 0.15) is 31.4 Å². The molecule has 0 bridgehead atoms. The summed E-state index contributed by atoms with van der Waals surface area (Å²) in [7, 11) is 5.95. The van der Waals surface area contributed by atoms with Gasteiger partial charge in [0.15, 0.2) is 5.96 Å². The summed E-state index contributed by atoms with van der Waals surface area (Å²) in [6.07, 6.45) is 2.25. The summed E-state index contributed by atoms with van der Waals surface area (Å²) in [4.78, 5) is 6.47. The van der Waals surface area contributed by atoms with Crippen LogP contribution in [0.25, 0.3) is 0 Å². The van der Waals surface area contributed by atoms with Crippen LogP contribution in [0.4, 0.5) is 0 Å². The SMILES string of the molecule is CCOc1cc2c(cc1CNC(=NC)NCCCN(C)C)OC(C)C2. The van der Waals surface area contributed by atoms with Gasteiger partial charge in [0.1, 0.15) is 17.6 Å². The van der Waals surface area contributed by atoms with Gasteiger partial charge in [0.05, 0.1) is 6.61 Å². The van der Waals surface area contributed by atoms with Crippen molar-refractivity contribution in [2.45, 2.75) is 39.3 Å². The Balaban J connectivity index is 1.95. The molecule has 1 heterocycles. The fraction of sp³-hybridized carbons (Fsp3) is 0.632. The van der Waals surface area contributed by atoms with Crippen molar-refractivity contribution in [1.82, 2.24) is 15.5 Å². The van der Waals surface area contributed by atoms with E-state index in [4.69, 9.17) is 9.47 Å². The molecule has 6 nitrogen and oxygen atoms in total. The molecule has 0 spiro atoms. The summed E-state index contributed by atoms with van der Waals surface area (Å²) < 4.78 is 11.7. The van der Waals surface area contributed by atoms with Gasteiger partial charge in [-0.1, -0.05) is 0 Å². The monoisotopic (exact) mass is 348 g/mol. The van der Waals surface area contributed by atoms with Crippen LogP contribution in [0.5, 0.6) is 11.5 Å². The third-order valence-corrected chi connectivity index (χ3v) is 4.12. The van der Waals surface area contributed by atoms with Gasteiger partial charge >= 0.3 is 0 Å². The molecule has 6 heteroatoms. The van der Waals surface area contributed by atoms with E-state index in [0.29, 0.717) is 13.2 Å². The summed E-state index contributed by atoms with van der Waals surface area (Å²) >= 11 is 0. The van der Waals surface area contributed by atoms with Gasteiger partial charge in [0.2, 0.25) is 0 Å². The summed E-state index contributed by atoms with van der Waals surface area (Å²) in [6, 6.07) is 4.21. The Kier molecular flexibility index (Phi) is 7.37. The van der Waals surface area contributed by atoms with Crippen LogP contribution in [-0.2, 0) is 13.0 Å². The minimum absolute atomic E-state index is 0.235. The van der Waals surface area contributed by atoms with Gasteiger partial charge in [0.25, 0.3) is 0 Å². The van der Waals surface area contributed by atoms with Crippen molar-refractivity contribution in [2.75, 3.05) is 40.8 Å². The summed E-state index contributed by atoms with van der Waals surface area (Å²) in [5.41, 5.74) is 2.32. The number of benzene rings is 1. The van der Waals surface area contributed by atoms with Crippen molar-refractivity contribution < 1.29 is 9.47 Å². The molecule has 2 rings (SSSR count). The van der Waals surface area contributed by atoms with E-state index < -0.39 is 0 Å². The third kappa shape index (κ3) is 5.81. The second-order valence-electron chi connectivity index (χ2n) is 6.64. The quantitative estimate of drug-likeness (QED) is 0.428. The molecular formula is C19H32N4O2. The van der Waals surface area contributed by atoms with E-state index in [1.807, 2.05) is 6.92 Å². The third-order valence-electron chi connectivity index (χ3n) is 4.12. The lowest BCUT2D eigenvalue weighted by Crippen LogP contribution is -2.38. The van der Waals surface area contributed by atoms with Crippen LogP contribution in [0.3, 0.4) is 0 Å². The van der Waals surface area contributed by atoms with Gasteiger partial charge in [-0.25, -0.2) is 0 Å². The molecule has 25 heavy (non-hydrogen) atoms. The highest BCUT2D eigenvalue weighted by atomic mass is 16.5. The zero-order chi connectivity index (χ0) is 18.2. The highest BCUT2D eigenvalue weighted by molar-refractivity contribution is 5.79. The number of guanidine groups is 1. The molecule has 1 atom stereocenters. The zero-order valence-electron chi connectivity index (χ0n) is 16.2. The maximum Gasteiger partial charge on any atom is 0.191 e. The maximum atomic E-state index is 5.88. The first-order chi connectivity index (χ1) is 12.0. The lowest BCUT2D eigenvalue weighted by atomic mass is 10.1. The maximum absolute atomic E-state index is 5.88. The molecule has 0 aromatic heterocycles. The van der Waals surface area contributed by atoms with Crippen LogP contribution in [0.15, 0.2) is 17.1 Å². The summed E-state index contributed by atoms with van der Waals surface area (Å²) in [5, 5.41) is 6.71. The lowest BCUT2D eigenvalue weighted by molar-refractivity contribution is 0.254. The fourth-order valence-corrected chi connectivity index (χ4v) is 2.91. The predicted molar refractivity (Wildman–Crippen MR) is 103 cm³/mol. The van der Waals surface area contributed by atoms with Crippen molar-refractivity contribution in [3.63, 3.8) is 0 Å². The Labute approximate surface area is 151 Å². The number of hydrogen-bond acceptors (Lipinski definition) is 4. The number of aliphatic imine (C=N–C) groups is 1. The lowest BCUT2D eigenvalue weighted by Gasteiger charge is -2.16. The molecule has 0 saturated heterocycles. The summed E-state index contributed by atoms with van der Waals surface area (Å²) in [5.74, 6) is 2.70. The summed E-state index contributed by atoms with van der Waals surface area (Å²) in [6.45, 7) is 7.35. The molecule has 0 saturated carbocycles. The van der Waals surface area contributed by atoms with Crippen LogP contribution in [-0.4, -0.2) is 57.8 Å². The highest BCUT2D eigenvalue weighted by Crippen LogP contribution is 2.35. The fourth-order valence-electron chi connectivity index (χ4n) is 2.91. The molecule has 1 aromatic carbocycles. The van der Waals surface area contributed by atoms with Crippen molar-refractivity contribution in [1.29, 1.82) is 0 Å². The Hall–Kier alpha value is -1.95. The van der Waals surface area contributed by atoms with E-state index >= 15 is 0 Å². The number of ether oxygens (including phenoxy) is 2. The molecule has 1 aromatic rings. The van der Waals surface area contributed by atoms with Gasteiger partial charge < -0.3 is 25.0 Å². The van der Waals surface area contributed by atoms with E-state index in [2.05, 4.69) is 53.7 Å². The zero-order valence-corrected chi connectivity index (χ0v) is 16.2. The average Bonchev–Trinajstić information content (AvgIpc) is 2.93. The number of hydrogen-bond donors (Lipinski definition) is 2. The van der Waals surface area contributed by atoms with E-state index in [0.717, 1.165) is 49.0 Å². The van der Waals surface area contributed by atoms with E-state index in [1.165, 1.54) is 5.56 Å². The normalized spacial score (nSPS) is 16.6. The highest BCUT2D eigenvalue weighted by Gasteiger charge is 2.21. The number of fused-ring (bicyclic) bond motifs is 1. The van der Waals surface area contributed by atoms with Crippen molar-refractivity contribution >= 4 is 5.96 Å². The molecule has 0 amide bonds. The Morgan fingerprint density at radius 3 is 2.84 bits per heavy atom. The van der Waals surface area contributed by atoms with Crippen LogP contribution >= 0.6 is 0 Å². The van der Waals surface area contributed by atoms with E-state index in [-0.39, 0.29) is 6.10 Å². The first-order valence-corrected chi connectivity index (χ1v) is 9.08. The molecule has 0 radical (unpaired) electrons. The van der Waals surface area contributed by atoms with Gasteiger partial charge in [-0.2, -0.15) is 0 Å². The van der Waals surface area contributed by atoms with Crippen molar-refractivity contribution in [3.8, 4) is 11.5 Å². The van der Waals surface area contributed by atoms with Crippen LogP contribution in [0.2, 0.25) is 0 Å². The van der Waals surface area contributed by atoms with Crippen LogP contribution in [0, 0.1) is 0 Å². The molecule has 140 valence electrons. The minimum Gasteiger partial charge on any atom is -0.494 e. The number of nitrogens with zero attached hydrogens (tertiary/aromatic N) is 2. The largest absolute Gasteiger partial charge is 0.494 e. The van der Waals surface area contributed by atoms with Gasteiger partial charge in [-0.05, 0) is 53.0 Å². The van der Waals surface area contributed by atoms with Gasteiger partial charge in [-0.3, -0.25) is 4.99 Å². The molecule has 1 aliphatic rings. The molecule has 2 N–H and O–H groups in total. The molecular weight excluding hydrogens is 316 g/mol. The van der Waals surface area contributed by atoms with Gasteiger partial charge in [0, 0.05) is 37.7 Å². The van der Waals surface area contributed by atoms with E-state index in [9.17, 15) is 0 Å².